The van der Waals surface area contributed by atoms with Gasteiger partial charge in [0.1, 0.15) is 5.76 Å². The van der Waals surface area contributed by atoms with E-state index in [9.17, 15) is 0 Å². The number of hydrogen-bond acceptors (Lipinski definition) is 2. The molecule has 3 rings (SSSR count). The fraction of sp³-hybridized carbons (Fsp3) is 0.190. The van der Waals surface area contributed by atoms with Gasteiger partial charge in [-0.3, -0.25) is 0 Å². The lowest BCUT2D eigenvalue weighted by Gasteiger charge is -2.26. The summed E-state index contributed by atoms with van der Waals surface area (Å²) < 4.78 is 5.51. The molecule has 0 spiro atoms. The van der Waals surface area contributed by atoms with Crippen LogP contribution in [0, 0.1) is 13.8 Å². The molecule has 3 nitrogen and oxygen atoms in total. The number of furan rings is 1. The average molecular weight is 385 g/mol. The van der Waals surface area contributed by atoms with Crippen LogP contribution in [0.15, 0.2) is 65.3 Å². The van der Waals surface area contributed by atoms with E-state index in [0.29, 0.717) is 23.2 Å². The van der Waals surface area contributed by atoms with Gasteiger partial charge in [0.2, 0.25) is 0 Å². The van der Waals surface area contributed by atoms with E-state index in [1.54, 1.807) is 6.26 Å². The van der Waals surface area contributed by atoms with E-state index in [1.807, 2.05) is 37.3 Å². The van der Waals surface area contributed by atoms with Crippen molar-refractivity contribution in [3.8, 4) is 0 Å². The highest BCUT2D eigenvalue weighted by molar-refractivity contribution is 7.80. The molecular formula is C21H21ClN2OS. The monoisotopic (exact) mass is 384 g/mol. The van der Waals surface area contributed by atoms with Gasteiger partial charge in [0.25, 0.3) is 0 Å². The number of benzene rings is 2. The highest BCUT2D eigenvalue weighted by Crippen LogP contribution is 2.24. The van der Waals surface area contributed by atoms with Crippen molar-refractivity contribution in [2.75, 3.05) is 5.32 Å². The lowest BCUT2D eigenvalue weighted by Crippen LogP contribution is -2.34. The second-order valence-corrected chi connectivity index (χ2v) is 7.06. The molecule has 5 heteroatoms. The summed E-state index contributed by atoms with van der Waals surface area (Å²) in [6.07, 6.45) is 1.68. The van der Waals surface area contributed by atoms with Crippen molar-refractivity contribution in [3.05, 3.63) is 88.3 Å². The summed E-state index contributed by atoms with van der Waals surface area (Å²) in [5.41, 5.74) is 4.32. The van der Waals surface area contributed by atoms with Crippen LogP contribution in [0.3, 0.4) is 0 Å². The maximum absolute atomic E-state index is 6.22. The third-order valence-electron chi connectivity index (χ3n) is 4.22. The predicted molar refractivity (Wildman–Crippen MR) is 112 cm³/mol. The highest BCUT2D eigenvalue weighted by Gasteiger charge is 2.14. The van der Waals surface area contributed by atoms with Crippen LogP contribution in [0.2, 0.25) is 5.02 Å². The molecule has 2 aromatic carbocycles. The number of anilines is 1. The van der Waals surface area contributed by atoms with Crippen LogP contribution in [-0.4, -0.2) is 10.0 Å². The molecule has 0 amide bonds. The second-order valence-electron chi connectivity index (χ2n) is 6.26. The molecule has 0 unspecified atom stereocenters. The first-order valence-electron chi connectivity index (χ1n) is 8.42. The maximum Gasteiger partial charge on any atom is 0.174 e. The molecule has 0 aliphatic rings. The largest absolute Gasteiger partial charge is 0.467 e. The van der Waals surface area contributed by atoms with E-state index in [4.69, 9.17) is 28.2 Å². The summed E-state index contributed by atoms with van der Waals surface area (Å²) in [6, 6.07) is 18.1. The van der Waals surface area contributed by atoms with Gasteiger partial charge in [0.15, 0.2) is 5.11 Å². The number of rotatable bonds is 5. The zero-order valence-electron chi connectivity index (χ0n) is 14.8. The Morgan fingerprint density at radius 1 is 1.04 bits per heavy atom. The zero-order chi connectivity index (χ0) is 18.5. The van der Waals surface area contributed by atoms with Gasteiger partial charge in [-0.05, 0) is 61.5 Å². The van der Waals surface area contributed by atoms with Crippen LogP contribution in [0.1, 0.15) is 22.5 Å². The van der Waals surface area contributed by atoms with Crippen LogP contribution in [0.4, 0.5) is 5.69 Å². The first-order chi connectivity index (χ1) is 12.5. The first kappa shape index (κ1) is 18.5. The van der Waals surface area contributed by atoms with Gasteiger partial charge < -0.3 is 14.6 Å². The molecule has 0 fully saturated rings. The van der Waals surface area contributed by atoms with Gasteiger partial charge in [0.05, 0.1) is 12.8 Å². The summed E-state index contributed by atoms with van der Waals surface area (Å²) in [5, 5.41) is 4.67. The third kappa shape index (κ3) is 4.65. The average Bonchev–Trinajstić information content (AvgIpc) is 3.13. The summed E-state index contributed by atoms with van der Waals surface area (Å²) in [5.74, 6) is 0.865. The number of nitrogens with zero attached hydrogens (tertiary/aromatic N) is 1. The fourth-order valence-corrected chi connectivity index (χ4v) is 3.05. The Hall–Kier alpha value is -2.30. The minimum atomic E-state index is 0.590. The molecule has 1 aromatic heterocycles. The Morgan fingerprint density at radius 2 is 1.81 bits per heavy atom. The van der Waals surface area contributed by atoms with E-state index < -0.39 is 0 Å². The van der Waals surface area contributed by atoms with Gasteiger partial charge in [0, 0.05) is 17.3 Å². The molecule has 0 saturated heterocycles. The highest BCUT2D eigenvalue weighted by atomic mass is 35.5. The van der Waals surface area contributed by atoms with Crippen molar-refractivity contribution in [3.63, 3.8) is 0 Å². The number of thiocarbonyl (C=S) groups is 1. The van der Waals surface area contributed by atoms with Gasteiger partial charge in [-0.2, -0.15) is 0 Å². The smallest absolute Gasteiger partial charge is 0.174 e. The van der Waals surface area contributed by atoms with Crippen molar-refractivity contribution in [2.45, 2.75) is 26.9 Å². The molecule has 1 heterocycles. The Kier molecular flexibility index (Phi) is 5.96. The van der Waals surface area contributed by atoms with Crippen molar-refractivity contribution in [1.82, 2.24) is 4.90 Å². The normalized spacial score (nSPS) is 10.6. The molecule has 134 valence electrons. The number of nitrogens with one attached hydrogen (secondary N) is 1. The van der Waals surface area contributed by atoms with Crippen LogP contribution in [0.25, 0.3) is 0 Å². The molecule has 0 aliphatic carbocycles. The van der Waals surface area contributed by atoms with Crippen molar-refractivity contribution >= 4 is 34.6 Å². The molecule has 3 aromatic rings. The standard InChI is InChI=1S/C21H21ClN2OS/c1-15-8-10-17(11-9-15)13-24(14-18-5-4-12-25-18)21(26)23-20-7-3-6-19(22)16(20)2/h3-12H,13-14H2,1-2H3,(H,23,26). The number of aryl methyl sites for hydroxylation is 1. The summed E-state index contributed by atoms with van der Waals surface area (Å²) in [7, 11) is 0. The minimum Gasteiger partial charge on any atom is -0.467 e. The van der Waals surface area contributed by atoms with Crippen LogP contribution < -0.4 is 5.32 Å². The predicted octanol–water partition coefficient (Wildman–Crippen LogP) is 5.95. The van der Waals surface area contributed by atoms with Gasteiger partial charge >= 0.3 is 0 Å². The van der Waals surface area contributed by atoms with E-state index >= 15 is 0 Å². The molecule has 26 heavy (non-hydrogen) atoms. The topological polar surface area (TPSA) is 28.4 Å². The van der Waals surface area contributed by atoms with Crippen LogP contribution >= 0.6 is 23.8 Å². The van der Waals surface area contributed by atoms with Crippen LogP contribution in [0.5, 0.6) is 0 Å². The van der Waals surface area contributed by atoms with Crippen molar-refractivity contribution in [1.29, 1.82) is 0 Å². The summed E-state index contributed by atoms with van der Waals surface area (Å²) >= 11 is 11.9. The SMILES string of the molecule is Cc1ccc(CN(Cc2ccco2)C(=S)Nc2cccc(Cl)c2C)cc1. The quantitative estimate of drug-likeness (QED) is 0.550. The van der Waals surface area contributed by atoms with Gasteiger partial charge in [-0.25, -0.2) is 0 Å². The Bertz CT molecular complexity index is 876. The van der Waals surface area contributed by atoms with E-state index in [2.05, 4.69) is 41.4 Å². The molecule has 0 radical (unpaired) electrons. The summed E-state index contributed by atoms with van der Waals surface area (Å²) in [6.45, 7) is 5.33. The molecule has 1 N–H and O–H groups in total. The van der Waals surface area contributed by atoms with Crippen LogP contribution in [-0.2, 0) is 13.1 Å². The van der Waals surface area contributed by atoms with Gasteiger partial charge in [-0.1, -0.05) is 47.5 Å². The molecule has 0 saturated carbocycles. The van der Waals surface area contributed by atoms with Crippen molar-refractivity contribution in [2.24, 2.45) is 0 Å². The fourth-order valence-electron chi connectivity index (χ4n) is 2.64. The Morgan fingerprint density at radius 3 is 2.50 bits per heavy atom. The van der Waals surface area contributed by atoms with Gasteiger partial charge in [-0.15, -0.1) is 0 Å². The maximum atomic E-state index is 6.22. The zero-order valence-corrected chi connectivity index (χ0v) is 16.4. The minimum absolute atomic E-state index is 0.590. The third-order valence-corrected chi connectivity index (χ3v) is 4.99. The number of hydrogen-bond donors (Lipinski definition) is 1. The van der Waals surface area contributed by atoms with E-state index in [1.165, 1.54) is 11.1 Å². The lowest BCUT2D eigenvalue weighted by atomic mass is 10.1. The lowest BCUT2D eigenvalue weighted by molar-refractivity contribution is 0.360. The van der Waals surface area contributed by atoms with E-state index in [0.717, 1.165) is 17.0 Å². The number of halogens is 1. The van der Waals surface area contributed by atoms with Crippen molar-refractivity contribution < 1.29 is 4.42 Å². The molecular weight excluding hydrogens is 364 g/mol. The summed E-state index contributed by atoms with van der Waals surface area (Å²) in [4.78, 5) is 2.08. The Labute approximate surface area is 164 Å². The molecule has 0 bridgehead atoms. The Balaban J connectivity index is 1.80. The van der Waals surface area contributed by atoms with E-state index in [-0.39, 0.29) is 0 Å². The molecule has 0 aliphatic heterocycles. The first-order valence-corrected chi connectivity index (χ1v) is 9.20. The second kappa shape index (κ2) is 8.39. The molecule has 0 atom stereocenters.